The maximum Gasteiger partial charge on any atom is 0.320 e. The van der Waals surface area contributed by atoms with Crippen molar-refractivity contribution in [2.45, 2.75) is 32.2 Å². The number of rotatable bonds is 5. The molecule has 1 saturated heterocycles. The quantitative estimate of drug-likeness (QED) is 0.874. The van der Waals surface area contributed by atoms with Crippen molar-refractivity contribution in [2.24, 2.45) is 0 Å². The Bertz CT molecular complexity index is 507. The van der Waals surface area contributed by atoms with Crippen molar-refractivity contribution in [3.63, 3.8) is 0 Å². The summed E-state index contributed by atoms with van der Waals surface area (Å²) in [6.45, 7) is 2.83. The van der Waals surface area contributed by atoms with Gasteiger partial charge in [-0.15, -0.1) is 12.4 Å². The van der Waals surface area contributed by atoms with Crippen LogP contribution in [0.2, 0.25) is 0 Å². The Balaban J connectivity index is 0.00000220. The Morgan fingerprint density at radius 2 is 2.10 bits per heavy atom. The van der Waals surface area contributed by atoms with Gasteiger partial charge in [0.15, 0.2) is 0 Å². The molecule has 1 fully saturated rings. The van der Waals surface area contributed by atoms with E-state index >= 15 is 0 Å². The van der Waals surface area contributed by atoms with Gasteiger partial charge in [-0.25, -0.2) is 0 Å². The number of benzene rings is 1. The lowest BCUT2D eigenvalue weighted by Crippen LogP contribution is -2.41. The van der Waals surface area contributed by atoms with Crippen LogP contribution in [-0.2, 0) is 16.0 Å². The molecule has 0 spiro atoms. The van der Waals surface area contributed by atoms with E-state index in [9.17, 15) is 9.59 Å². The zero-order valence-corrected chi connectivity index (χ0v) is 12.9. The van der Waals surface area contributed by atoms with E-state index in [4.69, 9.17) is 5.11 Å². The number of anilines is 1. The van der Waals surface area contributed by atoms with Crippen molar-refractivity contribution in [3.8, 4) is 0 Å². The van der Waals surface area contributed by atoms with Crippen LogP contribution < -0.4 is 5.32 Å². The number of halogens is 1. The lowest BCUT2D eigenvalue weighted by atomic mass is 10.1. The van der Waals surface area contributed by atoms with E-state index in [2.05, 4.69) is 5.32 Å². The van der Waals surface area contributed by atoms with Gasteiger partial charge in [0.1, 0.15) is 6.04 Å². The van der Waals surface area contributed by atoms with Crippen LogP contribution in [0, 0.1) is 0 Å². The maximum absolute atomic E-state index is 12.1. The third kappa shape index (κ3) is 4.44. The predicted octanol–water partition coefficient (Wildman–Crippen LogP) is 2.16. The summed E-state index contributed by atoms with van der Waals surface area (Å²) >= 11 is 0. The highest BCUT2D eigenvalue weighted by Crippen LogP contribution is 2.18. The molecule has 2 rings (SSSR count). The molecular formula is C15H21ClN2O3. The van der Waals surface area contributed by atoms with Crippen molar-refractivity contribution in [3.05, 3.63) is 29.8 Å². The fraction of sp³-hybridized carbons (Fsp3) is 0.467. The number of nitrogens with zero attached hydrogens (tertiary/aromatic N) is 1. The van der Waals surface area contributed by atoms with Crippen molar-refractivity contribution >= 4 is 30.0 Å². The second-order valence-electron chi connectivity index (χ2n) is 5.03. The molecule has 5 nitrogen and oxygen atoms in total. The Kier molecular flexibility index (Phi) is 6.65. The first-order valence-electron chi connectivity index (χ1n) is 6.96. The zero-order valence-electron chi connectivity index (χ0n) is 12.0. The number of aryl methyl sites for hydroxylation is 1. The highest BCUT2D eigenvalue weighted by molar-refractivity contribution is 5.93. The number of nitrogens with one attached hydrogen (secondary N) is 1. The van der Waals surface area contributed by atoms with Crippen LogP contribution in [0.15, 0.2) is 24.3 Å². The van der Waals surface area contributed by atoms with Gasteiger partial charge in [0.25, 0.3) is 0 Å². The first-order valence-corrected chi connectivity index (χ1v) is 6.96. The number of carbonyl (C=O) groups excluding carboxylic acids is 1. The van der Waals surface area contributed by atoms with Gasteiger partial charge in [-0.3, -0.25) is 14.5 Å². The lowest BCUT2D eigenvalue weighted by molar-refractivity contribution is -0.142. The molecule has 1 aliphatic heterocycles. The second kappa shape index (κ2) is 8.00. The van der Waals surface area contributed by atoms with E-state index < -0.39 is 12.0 Å². The molecule has 116 valence electrons. The molecule has 2 N–H and O–H groups in total. The summed E-state index contributed by atoms with van der Waals surface area (Å²) in [5.41, 5.74) is 1.89. The van der Waals surface area contributed by atoms with Crippen LogP contribution in [0.4, 0.5) is 5.69 Å². The average molecular weight is 313 g/mol. The Labute approximate surface area is 130 Å². The van der Waals surface area contributed by atoms with Gasteiger partial charge in [0, 0.05) is 5.69 Å². The van der Waals surface area contributed by atoms with Crippen molar-refractivity contribution in [2.75, 3.05) is 18.4 Å². The molecule has 21 heavy (non-hydrogen) atoms. The molecule has 1 aromatic carbocycles. The Hall–Kier alpha value is -1.59. The standard InChI is InChI=1S/C15H20N2O3.ClH/c1-2-11-6-3-4-7-12(11)16-14(18)10-17-9-5-8-13(17)15(19)20;/h3-4,6-7,13H,2,5,8-10H2,1H3,(H,16,18)(H,19,20);1H/t13-;/m0./s1. The van der Waals surface area contributed by atoms with Gasteiger partial charge >= 0.3 is 5.97 Å². The fourth-order valence-corrected chi connectivity index (χ4v) is 2.62. The predicted molar refractivity (Wildman–Crippen MR) is 83.9 cm³/mol. The van der Waals surface area contributed by atoms with E-state index in [1.807, 2.05) is 31.2 Å². The molecule has 0 unspecified atom stereocenters. The Morgan fingerprint density at radius 3 is 2.76 bits per heavy atom. The highest BCUT2D eigenvalue weighted by atomic mass is 35.5. The first-order chi connectivity index (χ1) is 9.61. The van der Waals surface area contributed by atoms with Crippen LogP contribution in [0.1, 0.15) is 25.3 Å². The second-order valence-corrected chi connectivity index (χ2v) is 5.03. The van der Waals surface area contributed by atoms with E-state index in [0.717, 1.165) is 24.1 Å². The summed E-state index contributed by atoms with van der Waals surface area (Å²) in [5.74, 6) is -0.997. The van der Waals surface area contributed by atoms with Crippen molar-refractivity contribution in [1.29, 1.82) is 0 Å². The first kappa shape index (κ1) is 17.5. The van der Waals surface area contributed by atoms with Gasteiger partial charge in [0.05, 0.1) is 6.54 Å². The minimum atomic E-state index is -0.843. The smallest absolute Gasteiger partial charge is 0.320 e. The summed E-state index contributed by atoms with van der Waals surface area (Å²) in [4.78, 5) is 24.9. The van der Waals surface area contributed by atoms with Gasteiger partial charge in [-0.1, -0.05) is 25.1 Å². The van der Waals surface area contributed by atoms with Gasteiger partial charge in [0.2, 0.25) is 5.91 Å². The van der Waals surface area contributed by atoms with Crippen LogP contribution in [0.25, 0.3) is 0 Å². The topological polar surface area (TPSA) is 69.6 Å². The molecule has 1 atom stereocenters. The van der Waals surface area contributed by atoms with Crippen LogP contribution in [0.3, 0.4) is 0 Å². The molecule has 1 aromatic rings. The largest absolute Gasteiger partial charge is 0.480 e. The molecule has 0 radical (unpaired) electrons. The minimum Gasteiger partial charge on any atom is -0.480 e. The maximum atomic E-state index is 12.1. The average Bonchev–Trinajstić information content (AvgIpc) is 2.87. The number of aliphatic carboxylic acids is 1. The molecule has 0 saturated carbocycles. The van der Waals surface area contributed by atoms with Crippen molar-refractivity contribution < 1.29 is 14.7 Å². The van der Waals surface area contributed by atoms with E-state index in [1.54, 1.807) is 4.90 Å². The summed E-state index contributed by atoms with van der Waals surface area (Å²) < 4.78 is 0. The molecule has 1 heterocycles. The molecule has 1 amide bonds. The number of para-hydroxylation sites is 1. The summed E-state index contributed by atoms with van der Waals surface area (Å²) in [5, 5.41) is 12.0. The highest BCUT2D eigenvalue weighted by Gasteiger charge is 2.31. The molecule has 0 aliphatic carbocycles. The summed E-state index contributed by atoms with van der Waals surface area (Å²) in [6.07, 6.45) is 2.29. The van der Waals surface area contributed by atoms with Gasteiger partial charge in [-0.2, -0.15) is 0 Å². The number of carbonyl (C=O) groups is 2. The van der Waals surface area contributed by atoms with Crippen LogP contribution >= 0.6 is 12.4 Å². The number of carboxylic acids is 1. The van der Waals surface area contributed by atoms with E-state index in [0.29, 0.717) is 13.0 Å². The lowest BCUT2D eigenvalue weighted by Gasteiger charge is -2.20. The number of likely N-dealkylation sites (tertiary alicyclic amines) is 1. The molecular weight excluding hydrogens is 292 g/mol. The number of hydrogen-bond donors (Lipinski definition) is 2. The zero-order chi connectivity index (χ0) is 14.5. The minimum absolute atomic E-state index is 0. The van der Waals surface area contributed by atoms with Crippen LogP contribution in [0.5, 0.6) is 0 Å². The number of hydrogen-bond acceptors (Lipinski definition) is 3. The van der Waals surface area contributed by atoms with E-state index in [1.165, 1.54) is 0 Å². The summed E-state index contributed by atoms with van der Waals surface area (Å²) in [6, 6.07) is 7.14. The Morgan fingerprint density at radius 1 is 1.38 bits per heavy atom. The van der Waals surface area contributed by atoms with Gasteiger partial charge in [-0.05, 0) is 37.4 Å². The molecule has 1 aliphatic rings. The molecule has 6 heteroatoms. The third-order valence-electron chi connectivity index (χ3n) is 3.67. The SMILES string of the molecule is CCc1ccccc1NC(=O)CN1CCC[C@H]1C(=O)O.Cl. The molecule has 0 aromatic heterocycles. The fourth-order valence-electron chi connectivity index (χ4n) is 2.62. The molecule has 0 bridgehead atoms. The van der Waals surface area contributed by atoms with Crippen LogP contribution in [-0.4, -0.2) is 41.0 Å². The summed E-state index contributed by atoms with van der Waals surface area (Å²) in [7, 11) is 0. The van der Waals surface area contributed by atoms with Gasteiger partial charge < -0.3 is 10.4 Å². The number of carboxylic acid groups (broad SMARTS) is 1. The van der Waals surface area contributed by atoms with Crippen molar-refractivity contribution in [1.82, 2.24) is 4.90 Å². The van der Waals surface area contributed by atoms with E-state index in [-0.39, 0.29) is 24.9 Å². The normalized spacial score (nSPS) is 18.0. The third-order valence-corrected chi connectivity index (χ3v) is 3.67. The number of amides is 1. The monoisotopic (exact) mass is 312 g/mol.